The van der Waals surface area contributed by atoms with E-state index in [1.165, 1.54) is 12.1 Å². The van der Waals surface area contributed by atoms with Crippen LogP contribution in [0.3, 0.4) is 0 Å². The summed E-state index contributed by atoms with van der Waals surface area (Å²) in [6.45, 7) is 3.74. The Morgan fingerprint density at radius 1 is 1.27 bits per heavy atom. The van der Waals surface area contributed by atoms with Gasteiger partial charge in [-0.15, -0.1) is 11.3 Å². The number of benzene rings is 2. The van der Waals surface area contributed by atoms with Gasteiger partial charge >= 0.3 is 0 Å². The zero-order chi connectivity index (χ0) is 23.0. The molecule has 2 aliphatic heterocycles. The Morgan fingerprint density at radius 3 is 2.82 bits per heavy atom. The highest BCUT2D eigenvalue weighted by Crippen LogP contribution is 2.41. The second-order valence-corrected chi connectivity index (χ2v) is 9.62. The number of rotatable bonds is 4. The van der Waals surface area contributed by atoms with Crippen LogP contribution in [0.5, 0.6) is 0 Å². The summed E-state index contributed by atoms with van der Waals surface area (Å²) >= 11 is 1.64. The molecule has 3 heterocycles. The molecular formula is C26H23FN4OS. The van der Waals surface area contributed by atoms with E-state index in [2.05, 4.69) is 23.3 Å². The quantitative estimate of drug-likeness (QED) is 0.543. The molecule has 33 heavy (non-hydrogen) atoms. The molecule has 2 unspecified atom stereocenters. The third-order valence-corrected chi connectivity index (χ3v) is 7.41. The molecule has 0 saturated carbocycles. The first-order valence-corrected chi connectivity index (χ1v) is 11.8. The third-order valence-electron chi connectivity index (χ3n) is 6.57. The maximum Gasteiger partial charge on any atom is 0.251 e. The van der Waals surface area contributed by atoms with Crippen LogP contribution in [0.1, 0.15) is 30.3 Å². The molecule has 5 rings (SSSR count). The Labute approximate surface area is 196 Å². The van der Waals surface area contributed by atoms with Gasteiger partial charge in [0.2, 0.25) is 0 Å². The second-order valence-electron chi connectivity index (χ2n) is 8.68. The fraction of sp³-hybridized carbons (Fsp3) is 0.269. The largest absolute Gasteiger partial charge is 0.299 e. The van der Waals surface area contributed by atoms with E-state index in [1.807, 2.05) is 18.2 Å². The molecule has 3 aromatic rings. The molecule has 0 aliphatic carbocycles. The fourth-order valence-corrected chi connectivity index (χ4v) is 5.72. The molecule has 0 radical (unpaired) electrons. The maximum absolute atomic E-state index is 13.9. The van der Waals surface area contributed by atoms with E-state index in [1.54, 1.807) is 46.6 Å². The van der Waals surface area contributed by atoms with Crippen molar-refractivity contribution in [2.75, 3.05) is 11.4 Å². The number of anilines is 1. The van der Waals surface area contributed by atoms with Crippen molar-refractivity contribution in [3.63, 3.8) is 0 Å². The average molecular weight is 459 g/mol. The smallest absolute Gasteiger partial charge is 0.251 e. The Kier molecular flexibility index (Phi) is 5.57. The van der Waals surface area contributed by atoms with Gasteiger partial charge in [-0.3, -0.25) is 14.6 Å². The molecule has 0 bridgehead atoms. The first-order chi connectivity index (χ1) is 16.0. The number of hydrogen-bond acceptors (Lipinski definition) is 5. The average Bonchev–Trinajstić information content (AvgIpc) is 3.40. The topological polar surface area (TPSA) is 60.2 Å². The number of piperidine rings is 1. The summed E-state index contributed by atoms with van der Waals surface area (Å²) in [7, 11) is 0. The van der Waals surface area contributed by atoms with Gasteiger partial charge in [0.05, 0.1) is 29.4 Å². The number of nitrogens with zero attached hydrogens (tertiary/aromatic N) is 4. The van der Waals surface area contributed by atoms with Crippen LogP contribution in [0.4, 0.5) is 10.1 Å². The number of amides is 1. The monoisotopic (exact) mass is 458 g/mol. The van der Waals surface area contributed by atoms with Crippen molar-refractivity contribution in [2.24, 2.45) is 0 Å². The van der Waals surface area contributed by atoms with Gasteiger partial charge in [0.15, 0.2) is 0 Å². The van der Waals surface area contributed by atoms with Crippen molar-refractivity contribution in [1.82, 2.24) is 9.88 Å². The van der Waals surface area contributed by atoms with Gasteiger partial charge in [-0.05, 0) is 50.1 Å². The minimum absolute atomic E-state index is 0.0896. The lowest BCUT2D eigenvalue weighted by molar-refractivity contribution is -0.114. The Morgan fingerprint density at radius 2 is 2.09 bits per heavy atom. The maximum atomic E-state index is 13.9. The van der Waals surface area contributed by atoms with Gasteiger partial charge in [-0.1, -0.05) is 24.3 Å². The van der Waals surface area contributed by atoms with Gasteiger partial charge in [-0.2, -0.15) is 5.26 Å². The first-order valence-electron chi connectivity index (χ1n) is 11.0. The summed E-state index contributed by atoms with van der Waals surface area (Å²) in [5.74, 6) is -0.428. The molecule has 1 spiro atoms. The van der Waals surface area contributed by atoms with Gasteiger partial charge in [0, 0.05) is 35.3 Å². The van der Waals surface area contributed by atoms with Crippen LogP contribution in [0.25, 0.3) is 11.3 Å². The standard InChI is InChI=1S/C26H23FN4OS/c1-18-14-26(10-9-25(32)31(26)22-4-2-3-21(27)13-22)11-12-30(18)16-24-29-23(17-33-24)20-7-5-19(15-28)6-8-20/h2-10,13,17-18H,11-12,14,16H2,1H3. The number of hydrogen-bond donors (Lipinski definition) is 0. The lowest BCUT2D eigenvalue weighted by Gasteiger charge is -2.47. The number of likely N-dealkylation sites (tertiary alicyclic amines) is 1. The minimum atomic E-state index is -0.419. The van der Waals surface area contributed by atoms with E-state index in [0.717, 1.165) is 42.2 Å². The molecule has 1 fully saturated rings. The predicted molar refractivity (Wildman–Crippen MR) is 127 cm³/mol. The molecule has 0 N–H and O–H groups in total. The summed E-state index contributed by atoms with van der Waals surface area (Å²) in [6.07, 6.45) is 5.18. The highest BCUT2D eigenvalue weighted by molar-refractivity contribution is 7.09. The minimum Gasteiger partial charge on any atom is -0.299 e. The van der Waals surface area contributed by atoms with E-state index in [9.17, 15) is 9.18 Å². The molecule has 7 heteroatoms. The number of carbonyl (C=O) groups is 1. The summed E-state index contributed by atoms with van der Waals surface area (Å²) in [4.78, 5) is 21.7. The molecule has 2 aliphatic rings. The second kappa shape index (κ2) is 8.54. The fourth-order valence-electron chi connectivity index (χ4n) is 4.89. The zero-order valence-corrected chi connectivity index (χ0v) is 19.1. The van der Waals surface area contributed by atoms with Crippen LogP contribution >= 0.6 is 11.3 Å². The van der Waals surface area contributed by atoms with Crippen molar-refractivity contribution in [3.8, 4) is 17.3 Å². The molecule has 1 aromatic heterocycles. The summed E-state index contributed by atoms with van der Waals surface area (Å²) in [6, 6.07) is 16.1. The van der Waals surface area contributed by atoms with E-state index in [-0.39, 0.29) is 17.8 Å². The molecule has 166 valence electrons. The third kappa shape index (κ3) is 4.08. The van der Waals surface area contributed by atoms with Gasteiger partial charge in [0.1, 0.15) is 10.8 Å². The van der Waals surface area contributed by atoms with Crippen molar-refractivity contribution < 1.29 is 9.18 Å². The normalized spacial score (nSPS) is 22.8. The number of thiazole rings is 1. The highest BCUT2D eigenvalue weighted by atomic mass is 32.1. The first kappa shape index (κ1) is 21.5. The number of nitriles is 1. The van der Waals surface area contributed by atoms with Gasteiger partial charge in [0.25, 0.3) is 5.91 Å². The summed E-state index contributed by atoms with van der Waals surface area (Å²) in [5.41, 5.74) is 2.75. The molecule has 2 aromatic carbocycles. The Balaban J connectivity index is 1.30. The van der Waals surface area contributed by atoms with Crippen molar-refractivity contribution in [3.05, 3.63) is 82.5 Å². The van der Waals surface area contributed by atoms with Crippen LogP contribution < -0.4 is 4.90 Å². The van der Waals surface area contributed by atoms with Crippen molar-refractivity contribution >= 4 is 22.9 Å². The number of carbonyl (C=O) groups excluding carboxylic acids is 1. The van der Waals surface area contributed by atoms with E-state index >= 15 is 0 Å². The van der Waals surface area contributed by atoms with E-state index in [0.29, 0.717) is 11.3 Å². The summed E-state index contributed by atoms with van der Waals surface area (Å²) in [5, 5.41) is 12.1. The number of aromatic nitrogens is 1. The number of halogens is 1. The molecule has 1 saturated heterocycles. The Bertz CT molecular complexity index is 1260. The van der Waals surface area contributed by atoms with Crippen LogP contribution in [-0.2, 0) is 11.3 Å². The van der Waals surface area contributed by atoms with Crippen LogP contribution in [0, 0.1) is 17.1 Å². The van der Waals surface area contributed by atoms with Crippen LogP contribution in [0.15, 0.2) is 66.1 Å². The highest BCUT2D eigenvalue weighted by Gasteiger charge is 2.46. The van der Waals surface area contributed by atoms with Crippen LogP contribution in [0.2, 0.25) is 0 Å². The van der Waals surface area contributed by atoms with Gasteiger partial charge < -0.3 is 0 Å². The predicted octanol–water partition coefficient (Wildman–Crippen LogP) is 5.15. The van der Waals surface area contributed by atoms with Gasteiger partial charge in [-0.25, -0.2) is 9.37 Å². The summed E-state index contributed by atoms with van der Waals surface area (Å²) < 4.78 is 13.9. The lowest BCUT2D eigenvalue weighted by atomic mass is 9.83. The lowest BCUT2D eigenvalue weighted by Crippen LogP contribution is -2.56. The van der Waals surface area contributed by atoms with Crippen molar-refractivity contribution in [2.45, 2.75) is 37.9 Å². The SMILES string of the molecule is CC1CC2(C=CC(=O)N2c2cccc(F)c2)CCN1Cc1nc(-c2ccc(C#N)cc2)cs1. The van der Waals surface area contributed by atoms with Crippen molar-refractivity contribution in [1.29, 1.82) is 5.26 Å². The molecule has 2 atom stereocenters. The molecular weight excluding hydrogens is 435 g/mol. The van der Waals surface area contributed by atoms with E-state index in [4.69, 9.17) is 10.2 Å². The molecule has 5 nitrogen and oxygen atoms in total. The molecule has 1 amide bonds. The van der Waals surface area contributed by atoms with Crippen LogP contribution in [-0.4, -0.2) is 33.9 Å². The van der Waals surface area contributed by atoms with E-state index < -0.39 is 5.54 Å². The zero-order valence-electron chi connectivity index (χ0n) is 18.2. The Hall–Kier alpha value is -3.34.